The maximum atomic E-state index is 5.83. The Balaban J connectivity index is 0.00000341. The van der Waals surface area contributed by atoms with E-state index >= 15 is 0 Å². The number of guanidine groups is 1. The summed E-state index contributed by atoms with van der Waals surface area (Å²) in [5.74, 6) is 0.822. The van der Waals surface area contributed by atoms with Crippen molar-refractivity contribution in [1.82, 2.24) is 20.5 Å². The van der Waals surface area contributed by atoms with Crippen LogP contribution in [0.3, 0.4) is 0 Å². The molecule has 0 aliphatic carbocycles. The predicted octanol–water partition coefficient (Wildman–Crippen LogP) is 3.84. The summed E-state index contributed by atoms with van der Waals surface area (Å²) >= 11 is 1.79. The highest BCUT2D eigenvalue weighted by Gasteiger charge is 2.21. The largest absolute Gasteiger partial charge is 0.373 e. The molecule has 0 radical (unpaired) electrons. The van der Waals surface area contributed by atoms with Gasteiger partial charge in [0, 0.05) is 57.3 Å². The lowest BCUT2D eigenvalue weighted by Gasteiger charge is -2.35. The highest BCUT2D eigenvalue weighted by atomic mass is 127. The normalized spacial score (nSPS) is 19.7. The minimum absolute atomic E-state index is 0. The standard InChI is InChI=1S/C23H35N5OS.HI/c1-5-21-13-26-22(30-21)10-11-25-23(24-4)27-12-19-6-8-20(9-7-19)16-28-14-17(2)29-18(3)15-28;/h6-9,13,17-18H,5,10-12,14-16H2,1-4H3,(H2,24,25,27);1H. The smallest absolute Gasteiger partial charge is 0.191 e. The first-order chi connectivity index (χ1) is 14.6. The van der Waals surface area contributed by atoms with E-state index in [2.05, 4.69) is 70.5 Å². The summed E-state index contributed by atoms with van der Waals surface area (Å²) in [6, 6.07) is 8.85. The molecule has 2 atom stereocenters. The fraction of sp³-hybridized carbons (Fsp3) is 0.565. The molecule has 2 aromatic rings. The molecule has 1 saturated heterocycles. The zero-order chi connectivity index (χ0) is 21.3. The number of nitrogens with zero attached hydrogens (tertiary/aromatic N) is 3. The molecule has 1 aromatic heterocycles. The van der Waals surface area contributed by atoms with E-state index in [0.717, 1.165) is 51.5 Å². The molecule has 8 heteroatoms. The summed E-state index contributed by atoms with van der Waals surface area (Å²) in [5.41, 5.74) is 2.59. The number of thiazole rings is 1. The van der Waals surface area contributed by atoms with Gasteiger partial charge < -0.3 is 15.4 Å². The summed E-state index contributed by atoms with van der Waals surface area (Å²) in [6.45, 7) is 11.0. The zero-order valence-electron chi connectivity index (χ0n) is 19.1. The molecule has 172 valence electrons. The maximum absolute atomic E-state index is 5.83. The summed E-state index contributed by atoms with van der Waals surface area (Å²) in [5, 5.41) is 7.95. The lowest BCUT2D eigenvalue weighted by atomic mass is 10.1. The molecule has 1 aliphatic rings. The third-order valence-electron chi connectivity index (χ3n) is 5.19. The number of halogens is 1. The molecule has 0 saturated carbocycles. The molecule has 0 spiro atoms. The fourth-order valence-corrected chi connectivity index (χ4v) is 4.62. The van der Waals surface area contributed by atoms with Gasteiger partial charge in [0.1, 0.15) is 0 Å². The molecule has 0 bridgehead atoms. The van der Waals surface area contributed by atoms with Crippen molar-refractivity contribution in [2.24, 2.45) is 4.99 Å². The van der Waals surface area contributed by atoms with Gasteiger partial charge in [-0.05, 0) is 31.4 Å². The average molecular weight is 558 g/mol. The van der Waals surface area contributed by atoms with Gasteiger partial charge in [-0.2, -0.15) is 0 Å². The van der Waals surface area contributed by atoms with Crippen LogP contribution in [0.15, 0.2) is 35.5 Å². The van der Waals surface area contributed by atoms with Gasteiger partial charge in [-0.1, -0.05) is 31.2 Å². The van der Waals surface area contributed by atoms with Crippen LogP contribution in [0.25, 0.3) is 0 Å². The van der Waals surface area contributed by atoms with E-state index in [1.54, 1.807) is 18.4 Å². The number of aryl methyl sites for hydroxylation is 1. The molecule has 0 amide bonds. The number of benzene rings is 1. The van der Waals surface area contributed by atoms with E-state index in [1.165, 1.54) is 21.0 Å². The molecule has 2 N–H and O–H groups in total. The molecule has 3 rings (SSSR count). The van der Waals surface area contributed by atoms with Crippen LogP contribution < -0.4 is 10.6 Å². The Morgan fingerprint density at radius 2 is 1.84 bits per heavy atom. The first kappa shape index (κ1) is 26.0. The van der Waals surface area contributed by atoms with E-state index in [9.17, 15) is 0 Å². The molecule has 1 fully saturated rings. The number of rotatable bonds is 8. The quantitative estimate of drug-likeness (QED) is 0.294. The second-order valence-corrected chi connectivity index (χ2v) is 9.14. The number of aliphatic imine (C=N–C) groups is 1. The van der Waals surface area contributed by atoms with Crippen LogP contribution in [-0.2, 0) is 30.7 Å². The van der Waals surface area contributed by atoms with Crippen LogP contribution in [0, 0.1) is 0 Å². The van der Waals surface area contributed by atoms with Crippen molar-refractivity contribution >= 4 is 41.3 Å². The van der Waals surface area contributed by atoms with Gasteiger partial charge in [0.05, 0.1) is 17.2 Å². The van der Waals surface area contributed by atoms with Crippen molar-refractivity contribution in [3.63, 3.8) is 0 Å². The minimum Gasteiger partial charge on any atom is -0.373 e. The average Bonchev–Trinajstić information content (AvgIpc) is 3.19. The molecule has 2 unspecified atom stereocenters. The SMILES string of the molecule is CCc1cnc(CCNC(=NC)NCc2ccc(CN3CC(C)OC(C)C3)cc2)s1.I. The van der Waals surface area contributed by atoms with Crippen LogP contribution in [0.1, 0.15) is 41.8 Å². The number of morpholine rings is 1. The van der Waals surface area contributed by atoms with Crippen molar-refractivity contribution in [3.8, 4) is 0 Å². The van der Waals surface area contributed by atoms with Crippen molar-refractivity contribution in [2.45, 2.75) is 58.9 Å². The van der Waals surface area contributed by atoms with Crippen molar-refractivity contribution in [1.29, 1.82) is 0 Å². The second-order valence-electron chi connectivity index (χ2n) is 7.94. The summed E-state index contributed by atoms with van der Waals surface area (Å²) < 4.78 is 5.83. The van der Waals surface area contributed by atoms with Crippen LogP contribution in [0.5, 0.6) is 0 Å². The molecule has 1 aromatic carbocycles. The van der Waals surface area contributed by atoms with Crippen molar-refractivity contribution < 1.29 is 4.74 Å². The number of nitrogens with one attached hydrogen (secondary N) is 2. The zero-order valence-corrected chi connectivity index (χ0v) is 22.2. The number of ether oxygens (including phenoxy) is 1. The molecular formula is C23H36IN5OS. The molecular weight excluding hydrogens is 521 g/mol. The monoisotopic (exact) mass is 557 g/mol. The van der Waals surface area contributed by atoms with Crippen molar-refractivity contribution in [2.75, 3.05) is 26.7 Å². The Hall–Kier alpha value is -1.23. The maximum Gasteiger partial charge on any atom is 0.191 e. The molecule has 2 heterocycles. The first-order valence-corrected chi connectivity index (χ1v) is 11.7. The Labute approximate surface area is 207 Å². The third kappa shape index (κ3) is 8.67. The second kappa shape index (κ2) is 13.3. The lowest BCUT2D eigenvalue weighted by Crippen LogP contribution is -2.44. The first-order valence-electron chi connectivity index (χ1n) is 10.9. The van der Waals surface area contributed by atoms with Gasteiger partial charge >= 0.3 is 0 Å². The topological polar surface area (TPSA) is 61.8 Å². The van der Waals surface area contributed by atoms with Gasteiger partial charge in [0.2, 0.25) is 0 Å². The van der Waals surface area contributed by atoms with Gasteiger partial charge in [-0.3, -0.25) is 9.89 Å². The van der Waals surface area contributed by atoms with Crippen LogP contribution in [-0.4, -0.2) is 54.7 Å². The number of hydrogen-bond donors (Lipinski definition) is 2. The van der Waals surface area contributed by atoms with E-state index in [1.807, 2.05) is 6.20 Å². The third-order valence-corrected chi connectivity index (χ3v) is 6.39. The Morgan fingerprint density at radius 3 is 2.45 bits per heavy atom. The Morgan fingerprint density at radius 1 is 1.16 bits per heavy atom. The number of aromatic nitrogens is 1. The highest BCUT2D eigenvalue weighted by molar-refractivity contribution is 14.0. The molecule has 6 nitrogen and oxygen atoms in total. The number of hydrogen-bond acceptors (Lipinski definition) is 5. The van der Waals surface area contributed by atoms with Crippen LogP contribution in [0.4, 0.5) is 0 Å². The Kier molecular flexibility index (Phi) is 11.2. The van der Waals surface area contributed by atoms with Crippen LogP contribution in [0.2, 0.25) is 0 Å². The van der Waals surface area contributed by atoms with E-state index in [4.69, 9.17) is 4.74 Å². The van der Waals surface area contributed by atoms with Crippen LogP contribution >= 0.6 is 35.3 Å². The predicted molar refractivity (Wildman–Crippen MR) is 141 cm³/mol. The van der Waals surface area contributed by atoms with E-state index < -0.39 is 0 Å². The van der Waals surface area contributed by atoms with Gasteiger partial charge in [0.25, 0.3) is 0 Å². The van der Waals surface area contributed by atoms with E-state index in [0.29, 0.717) is 12.2 Å². The van der Waals surface area contributed by atoms with Gasteiger partial charge in [0.15, 0.2) is 5.96 Å². The summed E-state index contributed by atoms with van der Waals surface area (Å²) in [7, 11) is 1.81. The van der Waals surface area contributed by atoms with Gasteiger partial charge in [-0.15, -0.1) is 35.3 Å². The molecule has 31 heavy (non-hydrogen) atoms. The highest BCUT2D eigenvalue weighted by Crippen LogP contribution is 2.15. The fourth-order valence-electron chi connectivity index (χ4n) is 3.76. The van der Waals surface area contributed by atoms with Crippen molar-refractivity contribution in [3.05, 3.63) is 51.5 Å². The summed E-state index contributed by atoms with van der Waals surface area (Å²) in [4.78, 5) is 12.6. The summed E-state index contributed by atoms with van der Waals surface area (Å²) in [6.07, 6.45) is 4.56. The minimum atomic E-state index is 0. The molecule has 1 aliphatic heterocycles. The Bertz CT molecular complexity index is 801. The lowest BCUT2D eigenvalue weighted by molar-refractivity contribution is -0.0704. The van der Waals surface area contributed by atoms with Gasteiger partial charge in [-0.25, -0.2) is 4.98 Å². The van der Waals surface area contributed by atoms with E-state index in [-0.39, 0.29) is 24.0 Å².